The largest absolute Gasteiger partial charge is 0.404 e. The maximum Gasteiger partial charge on any atom is 0.404 e. The highest BCUT2D eigenvalue weighted by molar-refractivity contribution is 7.89. The molecule has 4 aromatic rings. The summed E-state index contributed by atoms with van der Waals surface area (Å²) in [6, 6.07) is 4.54. The Morgan fingerprint density at radius 2 is 1.81 bits per heavy atom. The molecule has 3 aromatic heterocycles. The first-order chi connectivity index (χ1) is 17.2. The molecule has 0 fully saturated rings. The monoisotopic (exact) mass is 539 g/mol. The van der Waals surface area contributed by atoms with Gasteiger partial charge in [-0.15, -0.1) is 0 Å². The third-order valence-electron chi connectivity index (χ3n) is 5.56. The number of amides is 1. The SMILES string of the molecule is Cc1cc2c(cc1F)c(C(N)=O)c(-c1ccc(S(=O)(=O)N[C@@H](C)C(F)(F)F)cn1)n2-c1ncccc1F. The van der Waals surface area contributed by atoms with Crippen LogP contribution in [-0.4, -0.2) is 41.1 Å². The number of carbonyl (C=O) groups excluding carboxylic acids is 1. The number of sulfonamides is 1. The molecule has 0 saturated heterocycles. The van der Waals surface area contributed by atoms with Gasteiger partial charge >= 0.3 is 6.18 Å². The van der Waals surface area contributed by atoms with Crippen molar-refractivity contribution in [3.05, 3.63) is 71.6 Å². The van der Waals surface area contributed by atoms with Crippen LogP contribution in [0.3, 0.4) is 0 Å². The van der Waals surface area contributed by atoms with Crippen molar-refractivity contribution < 1.29 is 35.2 Å². The summed E-state index contributed by atoms with van der Waals surface area (Å²) < 4.78 is 95.4. The van der Waals surface area contributed by atoms with E-state index in [2.05, 4.69) is 9.97 Å². The minimum Gasteiger partial charge on any atom is -0.366 e. The van der Waals surface area contributed by atoms with Crippen molar-refractivity contribution in [3.63, 3.8) is 0 Å². The Kier molecular flexibility index (Phi) is 6.50. The fourth-order valence-electron chi connectivity index (χ4n) is 3.71. The summed E-state index contributed by atoms with van der Waals surface area (Å²) in [7, 11) is -4.63. The number of primary amides is 1. The number of halogens is 5. The number of hydrogen-bond donors (Lipinski definition) is 2. The van der Waals surface area contributed by atoms with E-state index in [1.807, 2.05) is 0 Å². The third-order valence-corrected chi connectivity index (χ3v) is 7.08. The number of aryl methyl sites for hydroxylation is 1. The van der Waals surface area contributed by atoms with Crippen LogP contribution in [-0.2, 0) is 10.0 Å². The lowest BCUT2D eigenvalue weighted by Crippen LogP contribution is -2.42. The number of aromatic nitrogens is 3. The topological polar surface area (TPSA) is 120 Å². The average Bonchev–Trinajstić information content (AvgIpc) is 3.13. The van der Waals surface area contributed by atoms with E-state index in [9.17, 15) is 35.2 Å². The Hall–Kier alpha value is -3.91. The fourth-order valence-corrected chi connectivity index (χ4v) is 4.89. The van der Waals surface area contributed by atoms with E-state index in [-0.39, 0.29) is 39.2 Å². The van der Waals surface area contributed by atoms with E-state index < -0.39 is 44.7 Å². The Balaban J connectivity index is 1.97. The van der Waals surface area contributed by atoms with Crippen LogP contribution < -0.4 is 10.5 Å². The molecular formula is C23H18F5N5O3S. The number of hydrogen-bond acceptors (Lipinski definition) is 5. The first-order valence-electron chi connectivity index (χ1n) is 10.5. The van der Waals surface area contributed by atoms with Gasteiger partial charge in [-0.25, -0.2) is 22.2 Å². The predicted octanol–water partition coefficient (Wildman–Crippen LogP) is 4.00. The van der Waals surface area contributed by atoms with E-state index in [1.165, 1.54) is 34.5 Å². The smallest absolute Gasteiger partial charge is 0.366 e. The molecule has 0 aliphatic rings. The number of benzene rings is 1. The molecule has 194 valence electrons. The molecule has 0 aliphatic heterocycles. The molecule has 1 aromatic carbocycles. The average molecular weight is 539 g/mol. The number of fused-ring (bicyclic) bond motifs is 1. The maximum absolute atomic E-state index is 14.9. The first-order valence-corrected chi connectivity index (χ1v) is 12.0. The first kappa shape index (κ1) is 26.2. The van der Waals surface area contributed by atoms with Crippen LogP contribution >= 0.6 is 0 Å². The van der Waals surface area contributed by atoms with Gasteiger partial charge in [0.05, 0.1) is 22.5 Å². The molecule has 0 radical (unpaired) electrons. The van der Waals surface area contributed by atoms with Gasteiger partial charge < -0.3 is 5.73 Å². The summed E-state index contributed by atoms with van der Waals surface area (Å²) in [4.78, 5) is 19.9. The second-order valence-corrected chi connectivity index (χ2v) is 9.83. The number of pyridine rings is 2. The molecule has 37 heavy (non-hydrogen) atoms. The van der Waals surface area contributed by atoms with Gasteiger partial charge in [0, 0.05) is 17.8 Å². The number of nitrogens with two attached hydrogens (primary N) is 1. The summed E-state index contributed by atoms with van der Waals surface area (Å²) in [5.74, 6) is -2.76. The molecular weight excluding hydrogens is 521 g/mol. The lowest BCUT2D eigenvalue weighted by molar-refractivity contribution is -0.147. The fraction of sp³-hybridized carbons (Fsp3) is 0.174. The zero-order valence-corrected chi connectivity index (χ0v) is 20.0. The minimum atomic E-state index is -4.82. The van der Waals surface area contributed by atoms with Gasteiger partial charge in [-0.3, -0.25) is 14.3 Å². The Labute approximate surface area is 207 Å². The molecule has 1 atom stereocenters. The lowest BCUT2D eigenvalue weighted by atomic mass is 10.1. The summed E-state index contributed by atoms with van der Waals surface area (Å²) in [5.41, 5.74) is 5.47. The van der Waals surface area contributed by atoms with Crippen LogP contribution in [0, 0.1) is 18.6 Å². The van der Waals surface area contributed by atoms with Crippen LogP contribution in [0.2, 0.25) is 0 Å². The van der Waals surface area contributed by atoms with Gasteiger partial charge in [-0.1, -0.05) is 0 Å². The zero-order valence-electron chi connectivity index (χ0n) is 19.1. The van der Waals surface area contributed by atoms with Gasteiger partial charge in [0.15, 0.2) is 11.6 Å². The second kappa shape index (κ2) is 9.19. The number of rotatable bonds is 6. The highest BCUT2D eigenvalue weighted by Gasteiger charge is 2.39. The second-order valence-electron chi connectivity index (χ2n) is 8.11. The minimum absolute atomic E-state index is 0.0230. The van der Waals surface area contributed by atoms with Crippen molar-refractivity contribution in [3.8, 4) is 17.2 Å². The number of alkyl halides is 3. The van der Waals surface area contributed by atoms with Gasteiger partial charge in [-0.05, 0) is 55.8 Å². The van der Waals surface area contributed by atoms with E-state index in [4.69, 9.17) is 5.73 Å². The maximum atomic E-state index is 14.9. The Morgan fingerprint density at radius 1 is 1.11 bits per heavy atom. The van der Waals surface area contributed by atoms with Crippen LogP contribution in [0.15, 0.2) is 53.7 Å². The summed E-state index contributed by atoms with van der Waals surface area (Å²) in [6.07, 6.45) is -2.77. The van der Waals surface area contributed by atoms with Crippen LogP contribution in [0.1, 0.15) is 22.8 Å². The number of nitrogens with one attached hydrogen (secondary N) is 1. The molecule has 0 spiro atoms. The van der Waals surface area contributed by atoms with Crippen molar-refractivity contribution in [2.45, 2.75) is 31.0 Å². The van der Waals surface area contributed by atoms with E-state index >= 15 is 0 Å². The number of nitrogens with zero attached hydrogens (tertiary/aromatic N) is 3. The molecule has 0 aliphatic carbocycles. The van der Waals surface area contributed by atoms with E-state index in [1.54, 1.807) is 0 Å². The third kappa shape index (κ3) is 4.76. The molecule has 4 rings (SSSR count). The molecule has 3 heterocycles. The standard InChI is InChI=1S/C23H18F5N5O3S/c1-11-8-18-14(9-16(11)25)19(21(29)34)20(33(18)22-15(24)4-3-7-30-22)17-6-5-13(10-31-17)37(35,36)32-12(2)23(26,27)28/h3-10,12,32H,1-2H3,(H2,29,34)/t12-/m0/s1. The summed E-state index contributed by atoms with van der Waals surface area (Å²) >= 11 is 0. The van der Waals surface area contributed by atoms with Crippen LogP contribution in [0.5, 0.6) is 0 Å². The zero-order chi connectivity index (χ0) is 27.3. The van der Waals surface area contributed by atoms with Crippen molar-refractivity contribution in [1.82, 2.24) is 19.3 Å². The van der Waals surface area contributed by atoms with Gasteiger partial charge in [-0.2, -0.15) is 17.9 Å². The van der Waals surface area contributed by atoms with Crippen LogP contribution in [0.4, 0.5) is 22.0 Å². The lowest BCUT2D eigenvalue weighted by Gasteiger charge is -2.17. The number of carbonyl (C=O) groups is 1. The predicted molar refractivity (Wildman–Crippen MR) is 123 cm³/mol. The molecule has 0 bridgehead atoms. The van der Waals surface area contributed by atoms with E-state index in [0.29, 0.717) is 6.92 Å². The van der Waals surface area contributed by atoms with Crippen LogP contribution in [0.25, 0.3) is 28.1 Å². The Morgan fingerprint density at radius 3 is 2.38 bits per heavy atom. The quantitative estimate of drug-likeness (QED) is 0.359. The highest BCUT2D eigenvalue weighted by atomic mass is 32.2. The van der Waals surface area contributed by atoms with Gasteiger partial charge in [0.2, 0.25) is 10.0 Å². The molecule has 3 N–H and O–H groups in total. The highest BCUT2D eigenvalue weighted by Crippen LogP contribution is 2.37. The normalized spacial score (nSPS) is 13.2. The summed E-state index contributed by atoms with van der Waals surface area (Å²) in [6.45, 7) is 2.09. The van der Waals surface area contributed by atoms with Crippen molar-refractivity contribution in [2.24, 2.45) is 5.73 Å². The van der Waals surface area contributed by atoms with Gasteiger partial charge in [0.1, 0.15) is 16.8 Å². The van der Waals surface area contributed by atoms with Crippen molar-refractivity contribution >= 4 is 26.8 Å². The Bertz CT molecular complexity index is 1630. The molecule has 0 unspecified atom stereocenters. The molecule has 14 heteroatoms. The van der Waals surface area contributed by atoms with Crippen molar-refractivity contribution in [2.75, 3.05) is 0 Å². The molecule has 8 nitrogen and oxygen atoms in total. The van der Waals surface area contributed by atoms with Crippen molar-refractivity contribution in [1.29, 1.82) is 0 Å². The summed E-state index contributed by atoms with van der Waals surface area (Å²) in [5, 5.41) is 0.0230. The molecule has 0 saturated carbocycles. The molecule has 1 amide bonds. The van der Waals surface area contributed by atoms with E-state index in [0.717, 1.165) is 30.5 Å². The van der Waals surface area contributed by atoms with Gasteiger partial charge in [0.25, 0.3) is 5.91 Å².